The third-order valence-electron chi connectivity index (χ3n) is 5.76. The highest BCUT2D eigenvalue weighted by atomic mass is 32.2. The molecule has 0 spiro atoms. The predicted octanol–water partition coefficient (Wildman–Crippen LogP) is 3.30. The Balaban J connectivity index is 2.21. The lowest BCUT2D eigenvalue weighted by molar-refractivity contribution is -0.122. The first-order valence-corrected chi connectivity index (χ1v) is 16.3. The number of nitrogens with zero attached hydrogens (tertiary/aromatic N) is 2. The van der Waals surface area contributed by atoms with E-state index >= 15 is 4.39 Å². The molecule has 14 nitrogen and oxygen atoms in total. The molecule has 0 saturated carbocycles. The van der Waals surface area contributed by atoms with E-state index in [4.69, 9.17) is 23.8 Å². The van der Waals surface area contributed by atoms with E-state index < -0.39 is 67.2 Å². The van der Waals surface area contributed by atoms with Crippen LogP contribution < -0.4 is 11.2 Å². The van der Waals surface area contributed by atoms with Crippen LogP contribution in [0.1, 0.15) is 47.8 Å². The molecule has 4 atom stereocenters. The number of phosphoric ester groups is 1. The maximum absolute atomic E-state index is 15.2. The molecule has 1 aliphatic rings. The van der Waals surface area contributed by atoms with Gasteiger partial charge in [-0.3, -0.25) is 37.5 Å². The van der Waals surface area contributed by atoms with Gasteiger partial charge in [-0.2, -0.15) is 5.11 Å². The molecule has 1 saturated heterocycles. The van der Waals surface area contributed by atoms with Gasteiger partial charge in [-0.1, -0.05) is 65.1 Å². The van der Waals surface area contributed by atoms with Gasteiger partial charge in [-0.15, -0.1) is 0 Å². The molecule has 18 heteroatoms. The van der Waals surface area contributed by atoms with E-state index in [0.717, 1.165) is 35.8 Å². The Bertz CT molecular complexity index is 1240. The molecule has 1 aromatic heterocycles. The maximum atomic E-state index is 15.2. The number of carbonyl (C=O) groups is 2. The van der Waals surface area contributed by atoms with Crippen molar-refractivity contribution >= 4 is 41.6 Å². The van der Waals surface area contributed by atoms with Gasteiger partial charge in [0.15, 0.2) is 22.6 Å². The van der Waals surface area contributed by atoms with Crippen molar-refractivity contribution in [3.8, 4) is 0 Å². The first-order valence-electron chi connectivity index (χ1n) is 12.9. The van der Waals surface area contributed by atoms with Crippen LogP contribution in [0.15, 0.2) is 27.0 Å². The predicted molar refractivity (Wildman–Crippen MR) is 154 cm³/mol. The summed E-state index contributed by atoms with van der Waals surface area (Å²) in [5, 5.41) is 13.7. The molecular weight excluding hydrogens is 618 g/mol. The fourth-order valence-electron chi connectivity index (χ4n) is 3.39. The molecular formula is C24H38FN4O10PS2. The van der Waals surface area contributed by atoms with Crippen LogP contribution in [0.25, 0.3) is 0 Å². The molecule has 42 heavy (non-hydrogen) atoms. The van der Waals surface area contributed by atoms with Crippen LogP contribution in [0.5, 0.6) is 0 Å². The van der Waals surface area contributed by atoms with Crippen LogP contribution in [0, 0.1) is 16.4 Å². The molecule has 1 aliphatic heterocycles. The van der Waals surface area contributed by atoms with Crippen molar-refractivity contribution in [2.75, 3.05) is 37.9 Å². The van der Waals surface area contributed by atoms with Crippen LogP contribution in [-0.2, 0) is 32.5 Å². The van der Waals surface area contributed by atoms with Crippen molar-refractivity contribution in [3.63, 3.8) is 0 Å². The number of aromatic nitrogens is 2. The highest BCUT2D eigenvalue weighted by Gasteiger charge is 2.57. The summed E-state index contributed by atoms with van der Waals surface area (Å²) in [6.45, 7) is 8.46. The number of aliphatic hydroxyl groups is 1. The average molecular weight is 657 g/mol. The molecule has 0 radical (unpaired) electrons. The lowest BCUT2D eigenvalue weighted by atomic mass is 9.97. The number of halogens is 1. The summed E-state index contributed by atoms with van der Waals surface area (Å²) in [5.41, 5.74) is 2.23. The third kappa shape index (κ3) is 9.91. The molecule has 238 valence electrons. The minimum absolute atomic E-state index is 0.0974. The molecule has 2 rings (SSSR count). The van der Waals surface area contributed by atoms with E-state index in [1.165, 1.54) is 0 Å². The fourth-order valence-corrected chi connectivity index (χ4v) is 6.44. The maximum Gasteiger partial charge on any atom is 0.474 e. The third-order valence-corrected chi connectivity index (χ3v) is 9.70. The summed E-state index contributed by atoms with van der Waals surface area (Å²) in [6, 6.07) is 0.954. The lowest BCUT2D eigenvalue weighted by Gasteiger charge is -2.30. The monoisotopic (exact) mass is 656 g/mol. The quantitative estimate of drug-likeness (QED) is 0.150. The van der Waals surface area contributed by atoms with E-state index in [2.05, 4.69) is 5.11 Å². The fraction of sp³-hybridized carbons (Fsp3) is 0.750. The minimum atomic E-state index is -4.48. The number of ether oxygens (including phenoxy) is 1. The lowest BCUT2D eigenvalue weighted by Crippen LogP contribution is -2.48. The number of phosphoric acid groups is 1. The van der Waals surface area contributed by atoms with Crippen molar-refractivity contribution in [1.29, 1.82) is 5.53 Å². The van der Waals surface area contributed by atoms with Crippen molar-refractivity contribution in [3.05, 3.63) is 33.1 Å². The Labute approximate surface area is 250 Å². The molecule has 0 aliphatic carbocycles. The summed E-state index contributed by atoms with van der Waals surface area (Å²) in [5.74, 6) is 0.195. The molecule has 0 aromatic carbocycles. The van der Waals surface area contributed by atoms with Gasteiger partial charge in [-0.25, -0.2) is 19.3 Å². The van der Waals surface area contributed by atoms with Crippen LogP contribution >= 0.6 is 31.3 Å². The number of hydrogen-bond acceptors (Lipinski definition) is 14. The normalized spacial score (nSPS) is 23.2. The number of aromatic amines is 1. The van der Waals surface area contributed by atoms with Crippen molar-refractivity contribution in [2.24, 2.45) is 15.9 Å². The molecule has 0 bridgehead atoms. The van der Waals surface area contributed by atoms with Gasteiger partial charge in [-0.05, 0) is 0 Å². The van der Waals surface area contributed by atoms with Gasteiger partial charge in [0.05, 0.1) is 26.4 Å². The van der Waals surface area contributed by atoms with Crippen molar-refractivity contribution in [2.45, 2.75) is 65.6 Å². The number of thioether (sulfide) groups is 2. The number of H-pyrrole nitrogens is 1. The van der Waals surface area contributed by atoms with Crippen molar-refractivity contribution in [1.82, 2.24) is 9.55 Å². The number of carbonyl (C=O) groups excluding carboxylic acids is 2. The largest absolute Gasteiger partial charge is 0.474 e. The highest BCUT2D eigenvalue weighted by molar-refractivity contribution is 8.14. The molecule has 0 unspecified atom stereocenters. The summed E-state index contributed by atoms with van der Waals surface area (Å²) >= 11 is 1.91. The molecule has 1 aromatic rings. The van der Waals surface area contributed by atoms with Crippen LogP contribution in [-0.4, -0.2) is 80.6 Å². The number of rotatable bonds is 14. The summed E-state index contributed by atoms with van der Waals surface area (Å²) < 4.78 is 51.4. The van der Waals surface area contributed by atoms with Crippen LogP contribution in [0.2, 0.25) is 0 Å². The molecule has 2 heterocycles. The SMILES string of the molecule is CC(C)(C)C(=O)SCCOP(=O)(OCCSC(=O)C(C)(C)C)OC[C@@]1(CN=N)O[C@@H](n2ccc(=O)[nH]c2=O)[C@H](F)[C@@H]1O. The van der Waals surface area contributed by atoms with Crippen LogP contribution in [0.3, 0.4) is 0 Å². The van der Waals surface area contributed by atoms with Gasteiger partial charge in [0.2, 0.25) is 0 Å². The van der Waals surface area contributed by atoms with E-state index in [-0.39, 0.29) is 35.0 Å². The second-order valence-corrected chi connectivity index (χ2v) is 15.3. The van der Waals surface area contributed by atoms with Gasteiger partial charge >= 0.3 is 13.5 Å². The Morgan fingerprint density at radius 2 is 1.64 bits per heavy atom. The second kappa shape index (κ2) is 14.8. The van der Waals surface area contributed by atoms with Crippen LogP contribution in [0.4, 0.5) is 4.39 Å². The zero-order chi connectivity index (χ0) is 31.9. The molecule has 3 N–H and O–H groups in total. The summed E-state index contributed by atoms with van der Waals surface area (Å²) in [4.78, 5) is 50.0. The zero-order valence-corrected chi connectivity index (χ0v) is 26.8. The Morgan fingerprint density at radius 1 is 1.12 bits per heavy atom. The summed E-state index contributed by atoms with van der Waals surface area (Å²) in [7, 11) is -4.48. The zero-order valence-electron chi connectivity index (χ0n) is 24.3. The highest BCUT2D eigenvalue weighted by Crippen LogP contribution is 2.52. The Kier molecular flexibility index (Phi) is 12.9. The first-order chi connectivity index (χ1) is 19.3. The number of alkyl halides is 1. The van der Waals surface area contributed by atoms with Gasteiger partial charge in [0, 0.05) is 34.6 Å². The minimum Gasteiger partial charge on any atom is -0.387 e. The van der Waals surface area contributed by atoms with Gasteiger partial charge in [0.25, 0.3) is 5.56 Å². The van der Waals surface area contributed by atoms with E-state index in [0.29, 0.717) is 4.57 Å². The molecule has 0 amide bonds. The van der Waals surface area contributed by atoms with E-state index in [1.54, 1.807) is 41.5 Å². The first kappa shape index (κ1) is 36.5. The van der Waals surface area contributed by atoms with E-state index in [9.17, 15) is 28.8 Å². The number of nitrogens with one attached hydrogen (secondary N) is 2. The van der Waals surface area contributed by atoms with Crippen molar-refractivity contribution < 1.29 is 42.0 Å². The smallest absolute Gasteiger partial charge is 0.387 e. The Morgan fingerprint density at radius 3 is 2.10 bits per heavy atom. The summed E-state index contributed by atoms with van der Waals surface area (Å²) in [6.07, 6.45) is -5.01. The number of aliphatic hydroxyl groups excluding tert-OH is 1. The molecule has 1 fully saturated rings. The van der Waals surface area contributed by atoms with E-state index in [1.807, 2.05) is 4.98 Å². The van der Waals surface area contributed by atoms with Gasteiger partial charge < -0.3 is 9.84 Å². The number of hydrogen-bond donors (Lipinski definition) is 3. The van der Waals surface area contributed by atoms with Gasteiger partial charge in [0.1, 0.15) is 11.7 Å². The second-order valence-electron chi connectivity index (χ2n) is 11.5. The Hall–Kier alpha value is -1.72. The topological polar surface area (TPSA) is 199 Å². The standard InChI is InChI=1S/C24H38FN4O10PS2/c1-22(2,3)19(32)41-11-9-36-40(35,37-10-12-42-20(33)23(4,5)6)38-14-24(13-27-26)17(31)16(25)18(39-24)29-8-7-15(30)28-21(29)34/h7-8,16-18,26,31H,9-14H2,1-6H3,(H,28,30,34)/t16-,17+,18-,24-/m1/s1. The average Bonchev–Trinajstić information content (AvgIpc) is 3.12.